The molecule has 8 aromatic rings. The van der Waals surface area contributed by atoms with Gasteiger partial charge >= 0.3 is 266 Å². The second kappa shape index (κ2) is 16.5. The summed E-state index contributed by atoms with van der Waals surface area (Å²) in [5.41, 5.74) is 12.9. The fraction of sp³-hybridized carbons (Fsp3) is 0.192. The van der Waals surface area contributed by atoms with Gasteiger partial charge in [-0.05, 0) is 17.2 Å². The van der Waals surface area contributed by atoms with E-state index in [0.717, 1.165) is 61.4 Å². The number of para-hydroxylation sites is 1. The molecular formula is C52H52Ge2N3OPt-. The largest absolute Gasteiger partial charge is 0 e. The number of imidazole rings is 1. The maximum Gasteiger partial charge on any atom is 0 e. The predicted octanol–water partition coefficient (Wildman–Crippen LogP) is 12.6. The summed E-state index contributed by atoms with van der Waals surface area (Å²) in [7, 11) is 0. The third-order valence-electron chi connectivity index (χ3n) is 11.1. The van der Waals surface area contributed by atoms with Crippen molar-refractivity contribution in [2.24, 2.45) is 0 Å². The van der Waals surface area contributed by atoms with Crippen LogP contribution in [0.1, 0.15) is 26.3 Å². The van der Waals surface area contributed by atoms with E-state index in [9.17, 15) is 5.11 Å². The number of hydrogen-bond donors (Lipinski definition) is 1. The first kappa shape index (κ1) is 42.6. The van der Waals surface area contributed by atoms with Gasteiger partial charge in [0.2, 0.25) is 0 Å². The Bertz CT molecular complexity index is 2790. The Kier molecular flexibility index (Phi) is 11.9. The summed E-state index contributed by atoms with van der Waals surface area (Å²) < 4.78 is 4.96. The molecule has 0 spiro atoms. The summed E-state index contributed by atoms with van der Waals surface area (Å²) in [6.45, 7) is 6.75. The maximum absolute atomic E-state index is 11.9. The smallest absolute Gasteiger partial charge is 0 e. The van der Waals surface area contributed by atoms with E-state index in [1.807, 2.05) is 18.3 Å². The average molecular weight is 1080 g/mol. The SMILES string of the molecule is CC(C)(C)c1cc(-c2cc(-c3ccccc3)ccn2)[c-]c(-c2cccc3c2nc(-c2cc[c]([Ge]([CH3])([CH3])[CH3])cc2O)n3-c2cc[c]([Ge]([CH3])([CH3])[CH3])cc2-c2ccccc2)c1.[Pt]. The Morgan fingerprint density at radius 3 is 1.85 bits per heavy atom. The molecule has 0 amide bonds. The average Bonchev–Trinajstić information content (AvgIpc) is 3.59. The normalized spacial score (nSPS) is 12.1. The molecule has 0 saturated carbocycles. The quantitative estimate of drug-likeness (QED) is 0.122. The fourth-order valence-corrected chi connectivity index (χ4v) is 12.5. The van der Waals surface area contributed by atoms with Gasteiger partial charge < -0.3 is 0 Å². The van der Waals surface area contributed by atoms with Crippen LogP contribution in [0.15, 0.2) is 146 Å². The zero-order valence-electron chi connectivity index (χ0n) is 35.5. The second-order valence-electron chi connectivity index (χ2n) is 18.5. The number of benzene rings is 6. The molecule has 0 aliphatic rings. The third-order valence-corrected chi connectivity index (χ3v) is 19.7. The van der Waals surface area contributed by atoms with Crippen molar-refractivity contribution in [2.45, 2.75) is 60.7 Å². The van der Waals surface area contributed by atoms with E-state index in [4.69, 9.17) is 9.97 Å². The number of phenols is 1. The van der Waals surface area contributed by atoms with E-state index in [0.29, 0.717) is 11.4 Å². The van der Waals surface area contributed by atoms with Gasteiger partial charge in [-0.15, -0.1) is 0 Å². The molecule has 2 aromatic heterocycles. The van der Waals surface area contributed by atoms with E-state index in [-0.39, 0.29) is 32.2 Å². The van der Waals surface area contributed by atoms with Crippen molar-refractivity contribution >= 4 is 46.4 Å². The van der Waals surface area contributed by atoms with E-state index in [1.54, 1.807) is 0 Å². The number of nitrogens with zero attached hydrogens (tertiary/aromatic N) is 3. The molecule has 1 N–H and O–H groups in total. The van der Waals surface area contributed by atoms with Crippen molar-refractivity contribution in [3.8, 4) is 67.5 Å². The van der Waals surface area contributed by atoms with Crippen LogP contribution in [-0.4, -0.2) is 46.2 Å². The summed E-state index contributed by atoms with van der Waals surface area (Å²) >= 11 is -4.48. The van der Waals surface area contributed by atoms with Crippen LogP contribution in [0.25, 0.3) is 72.7 Å². The molecule has 4 nitrogen and oxygen atoms in total. The molecule has 59 heavy (non-hydrogen) atoms. The number of phenolic OH excluding ortho intramolecular Hbond substituents is 1. The summed E-state index contributed by atoms with van der Waals surface area (Å²) in [5, 5.41) is 11.9. The van der Waals surface area contributed by atoms with Gasteiger partial charge in [0, 0.05) is 27.3 Å². The maximum atomic E-state index is 11.9. The van der Waals surface area contributed by atoms with Gasteiger partial charge in [0.25, 0.3) is 0 Å². The van der Waals surface area contributed by atoms with Crippen LogP contribution in [0.2, 0.25) is 34.5 Å². The van der Waals surface area contributed by atoms with Crippen LogP contribution in [0.3, 0.4) is 0 Å². The first-order valence-corrected chi connectivity index (χ1v) is 34.9. The minimum absolute atomic E-state index is 0. The summed E-state index contributed by atoms with van der Waals surface area (Å²) in [6.07, 6.45) is 1.89. The minimum atomic E-state index is -2.25. The molecule has 0 aliphatic heterocycles. The Hall–Kier alpha value is -4.49. The fourth-order valence-electron chi connectivity index (χ4n) is 7.65. The number of rotatable bonds is 8. The summed E-state index contributed by atoms with van der Waals surface area (Å²) in [5.74, 6) is 15.4. The van der Waals surface area contributed by atoms with Gasteiger partial charge in [0.1, 0.15) is 0 Å². The second-order valence-corrected chi connectivity index (χ2v) is 39.8. The van der Waals surface area contributed by atoms with Crippen LogP contribution < -0.4 is 8.79 Å². The molecular weight excluding hydrogens is 1020 g/mol. The predicted molar refractivity (Wildman–Crippen MR) is 251 cm³/mol. The summed E-state index contributed by atoms with van der Waals surface area (Å²) in [4.78, 5) is 10.4. The number of aromatic nitrogens is 3. The van der Waals surface area contributed by atoms with Gasteiger partial charge in [-0.25, -0.2) is 0 Å². The molecule has 7 heteroatoms. The Morgan fingerprint density at radius 2 is 1.20 bits per heavy atom. The Balaban J connectivity index is 0.00000528. The van der Waals surface area contributed by atoms with Crippen molar-refractivity contribution in [1.82, 2.24) is 14.5 Å². The van der Waals surface area contributed by atoms with Crippen LogP contribution in [-0.2, 0) is 26.5 Å². The van der Waals surface area contributed by atoms with Crippen molar-refractivity contribution in [3.63, 3.8) is 0 Å². The number of fused-ring (bicyclic) bond motifs is 1. The molecule has 0 saturated heterocycles. The molecule has 8 rings (SSSR count). The summed E-state index contributed by atoms with van der Waals surface area (Å²) in [6, 6.07) is 53.4. The van der Waals surface area contributed by atoms with Crippen molar-refractivity contribution < 1.29 is 26.2 Å². The van der Waals surface area contributed by atoms with Crippen molar-refractivity contribution in [3.05, 3.63) is 157 Å². The molecule has 0 unspecified atom stereocenters. The Morgan fingerprint density at radius 1 is 0.576 bits per heavy atom. The molecule has 0 atom stereocenters. The van der Waals surface area contributed by atoms with Crippen LogP contribution in [0.4, 0.5) is 0 Å². The topological polar surface area (TPSA) is 50.9 Å². The zero-order valence-corrected chi connectivity index (χ0v) is 41.9. The third kappa shape index (κ3) is 8.73. The van der Waals surface area contributed by atoms with E-state index in [1.165, 1.54) is 14.4 Å². The molecule has 300 valence electrons. The van der Waals surface area contributed by atoms with Crippen molar-refractivity contribution in [2.75, 3.05) is 0 Å². The first-order valence-electron chi connectivity index (χ1n) is 20.2. The van der Waals surface area contributed by atoms with E-state index < -0.39 is 26.5 Å². The molecule has 0 aliphatic carbocycles. The van der Waals surface area contributed by atoms with Crippen molar-refractivity contribution in [1.29, 1.82) is 0 Å². The minimum Gasteiger partial charge on any atom is 0 e. The van der Waals surface area contributed by atoms with Gasteiger partial charge in [0.15, 0.2) is 0 Å². The van der Waals surface area contributed by atoms with Gasteiger partial charge in [-0.2, -0.15) is 0 Å². The van der Waals surface area contributed by atoms with E-state index >= 15 is 0 Å². The van der Waals surface area contributed by atoms with Crippen LogP contribution >= 0.6 is 0 Å². The zero-order chi connectivity index (χ0) is 41.0. The molecule has 0 bridgehead atoms. The number of aromatic hydroxyl groups is 1. The number of hydrogen-bond acceptors (Lipinski definition) is 3. The standard InChI is InChI=1S/C52H52Ge2N3O.Pt/c1-52(2,3)40-30-38(29-39(31-40)46-32-37(27-28-55-46)35-17-12-10-13-18-35)43-21-16-22-48-50(43)56-51(44-25-23-42(34-49(44)58)54(7,8)9)57(48)47-26-24-41(53(4,5)6)33-45(47)36-19-14-11-15-20-36;/h10-28,30-34,58H,1-9H3;/q-1;. The van der Waals surface area contributed by atoms with Gasteiger partial charge in [-0.1, -0.05) is 57.2 Å². The molecule has 0 radical (unpaired) electrons. The molecule has 2 heterocycles. The van der Waals surface area contributed by atoms with Crippen LogP contribution in [0, 0.1) is 6.07 Å². The molecule has 0 fully saturated rings. The number of pyridine rings is 1. The first-order chi connectivity index (χ1) is 27.6. The van der Waals surface area contributed by atoms with Crippen LogP contribution in [0.5, 0.6) is 5.75 Å². The molecule has 6 aromatic carbocycles. The van der Waals surface area contributed by atoms with Gasteiger partial charge in [-0.3, -0.25) is 4.98 Å². The Labute approximate surface area is 369 Å². The van der Waals surface area contributed by atoms with Gasteiger partial charge in [0.05, 0.1) is 0 Å². The monoisotopic (exact) mass is 1080 g/mol. The van der Waals surface area contributed by atoms with E-state index in [2.05, 4.69) is 193 Å².